The lowest BCUT2D eigenvalue weighted by molar-refractivity contribution is 0.392. The molecule has 1 fully saturated rings. The summed E-state index contributed by atoms with van der Waals surface area (Å²) in [6.45, 7) is 4.62. The molecule has 1 aromatic rings. The van der Waals surface area contributed by atoms with Gasteiger partial charge in [-0.3, -0.25) is 0 Å². The van der Waals surface area contributed by atoms with Gasteiger partial charge in [-0.2, -0.15) is 5.26 Å². The van der Waals surface area contributed by atoms with E-state index in [0.717, 1.165) is 22.0 Å². The van der Waals surface area contributed by atoms with E-state index in [2.05, 4.69) is 41.2 Å². The molecule has 3 atom stereocenters. The van der Waals surface area contributed by atoms with Crippen LogP contribution in [0, 0.1) is 23.2 Å². The number of hydrogen-bond acceptors (Lipinski definition) is 2. The van der Waals surface area contributed by atoms with E-state index in [0.29, 0.717) is 11.6 Å². The zero-order valence-corrected chi connectivity index (χ0v) is 12.5. The monoisotopic (exact) mass is 306 g/mol. The fourth-order valence-electron chi connectivity index (χ4n) is 2.94. The summed E-state index contributed by atoms with van der Waals surface area (Å²) in [6, 6.07) is 8.60. The fourth-order valence-corrected chi connectivity index (χ4v) is 3.40. The molecule has 96 valence electrons. The summed E-state index contributed by atoms with van der Waals surface area (Å²) in [5.41, 5.74) is 1.79. The minimum Gasteiger partial charge on any atom is -0.382 e. The average molecular weight is 307 g/mol. The molecule has 0 bridgehead atoms. The van der Waals surface area contributed by atoms with Crippen molar-refractivity contribution in [1.29, 1.82) is 5.26 Å². The highest BCUT2D eigenvalue weighted by Gasteiger charge is 2.31. The first kappa shape index (κ1) is 13.4. The predicted molar refractivity (Wildman–Crippen MR) is 78.4 cm³/mol. The van der Waals surface area contributed by atoms with Gasteiger partial charge in [0, 0.05) is 16.2 Å². The van der Waals surface area contributed by atoms with Gasteiger partial charge in [-0.05, 0) is 58.8 Å². The number of benzene rings is 1. The summed E-state index contributed by atoms with van der Waals surface area (Å²) < 4.78 is 0.868. The normalized spacial score (nSPS) is 26.9. The van der Waals surface area contributed by atoms with Gasteiger partial charge in [0.25, 0.3) is 0 Å². The molecule has 3 unspecified atom stereocenters. The molecular weight excluding hydrogens is 288 g/mol. The summed E-state index contributed by atoms with van der Waals surface area (Å²) >= 11 is 3.43. The highest BCUT2D eigenvalue weighted by molar-refractivity contribution is 9.10. The summed E-state index contributed by atoms with van der Waals surface area (Å²) in [4.78, 5) is 0. The number of nitrogens with one attached hydrogen (secondary N) is 1. The Balaban J connectivity index is 2.07. The summed E-state index contributed by atoms with van der Waals surface area (Å²) in [7, 11) is 0. The smallest absolute Gasteiger partial charge is 0.100 e. The molecule has 0 amide bonds. The van der Waals surface area contributed by atoms with Crippen LogP contribution in [0.2, 0.25) is 0 Å². The van der Waals surface area contributed by atoms with Gasteiger partial charge < -0.3 is 5.32 Å². The molecule has 1 saturated carbocycles. The lowest BCUT2D eigenvalue weighted by Crippen LogP contribution is -2.24. The third kappa shape index (κ3) is 2.70. The lowest BCUT2D eigenvalue weighted by atomic mass is 9.93. The van der Waals surface area contributed by atoms with E-state index in [9.17, 15) is 0 Å². The van der Waals surface area contributed by atoms with Crippen LogP contribution in [-0.2, 0) is 0 Å². The largest absolute Gasteiger partial charge is 0.382 e. The Bertz CT molecular complexity index is 464. The van der Waals surface area contributed by atoms with E-state index in [-0.39, 0.29) is 0 Å². The average Bonchev–Trinajstić information content (AvgIpc) is 2.71. The van der Waals surface area contributed by atoms with E-state index in [1.165, 1.54) is 19.3 Å². The third-order valence-electron chi connectivity index (χ3n) is 4.19. The maximum atomic E-state index is 8.90. The van der Waals surface area contributed by atoms with Gasteiger partial charge in [0.15, 0.2) is 0 Å². The van der Waals surface area contributed by atoms with Gasteiger partial charge in [0.1, 0.15) is 6.07 Å². The van der Waals surface area contributed by atoms with Crippen LogP contribution in [0.1, 0.15) is 38.7 Å². The van der Waals surface area contributed by atoms with Crippen LogP contribution >= 0.6 is 15.9 Å². The molecule has 0 aromatic heterocycles. The van der Waals surface area contributed by atoms with Gasteiger partial charge in [-0.15, -0.1) is 0 Å². The Morgan fingerprint density at radius 1 is 1.44 bits per heavy atom. The van der Waals surface area contributed by atoms with Crippen molar-refractivity contribution >= 4 is 21.6 Å². The topological polar surface area (TPSA) is 35.8 Å². The van der Waals surface area contributed by atoms with Crippen molar-refractivity contribution in [3.05, 3.63) is 28.2 Å². The van der Waals surface area contributed by atoms with Crippen LogP contribution in [0.25, 0.3) is 0 Å². The SMILES string of the molecule is CCC1CCC(Nc2ccc(C#N)c(Br)c2)C1C. The first-order valence-corrected chi connectivity index (χ1v) is 7.41. The number of nitriles is 1. The first-order chi connectivity index (χ1) is 8.65. The number of nitrogens with zero attached hydrogens (tertiary/aromatic N) is 1. The lowest BCUT2D eigenvalue weighted by Gasteiger charge is -2.22. The maximum Gasteiger partial charge on any atom is 0.100 e. The van der Waals surface area contributed by atoms with Crippen molar-refractivity contribution in [3.8, 4) is 6.07 Å². The van der Waals surface area contributed by atoms with E-state index >= 15 is 0 Å². The molecule has 2 nitrogen and oxygen atoms in total. The molecular formula is C15H19BrN2. The highest BCUT2D eigenvalue weighted by atomic mass is 79.9. The predicted octanol–water partition coefficient (Wildman–Crippen LogP) is 4.56. The second kappa shape index (κ2) is 5.75. The van der Waals surface area contributed by atoms with Crippen molar-refractivity contribution in [1.82, 2.24) is 0 Å². The standard InChI is InChI=1S/C15H19BrN2/c1-3-11-5-7-15(10(11)2)18-13-6-4-12(9-17)14(16)8-13/h4,6,8,10-11,15,18H,3,5,7H2,1-2H3. The van der Waals surface area contributed by atoms with Crippen LogP contribution < -0.4 is 5.32 Å². The summed E-state index contributed by atoms with van der Waals surface area (Å²) in [5.74, 6) is 1.58. The molecule has 1 aliphatic carbocycles. The van der Waals surface area contributed by atoms with Crippen molar-refractivity contribution in [2.24, 2.45) is 11.8 Å². The van der Waals surface area contributed by atoms with Gasteiger partial charge in [0.05, 0.1) is 5.56 Å². The Morgan fingerprint density at radius 3 is 2.78 bits per heavy atom. The first-order valence-electron chi connectivity index (χ1n) is 6.62. The van der Waals surface area contributed by atoms with Crippen LogP contribution in [0.3, 0.4) is 0 Å². The van der Waals surface area contributed by atoms with E-state index in [4.69, 9.17) is 5.26 Å². The zero-order valence-electron chi connectivity index (χ0n) is 10.9. The van der Waals surface area contributed by atoms with Gasteiger partial charge in [-0.25, -0.2) is 0 Å². The zero-order chi connectivity index (χ0) is 13.1. The Labute approximate surface area is 118 Å². The second-order valence-corrected chi connectivity index (χ2v) is 6.02. The van der Waals surface area contributed by atoms with Crippen molar-refractivity contribution < 1.29 is 0 Å². The molecule has 0 heterocycles. The molecule has 0 aliphatic heterocycles. The highest BCUT2D eigenvalue weighted by Crippen LogP contribution is 2.36. The Hall–Kier alpha value is -1.01. The number of halogens is 1. The number of hydrogen-bond donors (Lipinski definition) is 1. The molecule has 2 rings (SSSR count). The summed E-state index contributed by atoms with van der Waals surface area (Å²) in [5, 5.41) is 12.5. The third-order valence-corrected chi connectivity index (χ3v) is 4.85. The van der Waals surface area contributed by atoms with Crippen LogP contribution in [0.5, 0.6) is 0 Å². The fraction of sp³-hybridized carbons (Fsp3) is 0.533. The van der Waals surface area contributed by atoms with Crippen molar-refractivity contribution in [3.63, 3.8) is 0 Å². The molecule has 1 aliphatic rings. The number of anilines is 1. The Kier molecular flexibility index (Phi) is 4.29. The van der Waals surface area contributed by atoms with E-state index < -0.39 is 0 Å². The Morgan fingerprint density at radius 2 is 2.22 bits per heavy atom. The molecule has 18 heavy (non-hydrogen) atoms. The minimum atomic E-state index is 0.565. The van der Waals surface area contributed by atoms with Gasteiger partial charge in [0.2, 0.25) is 0 Å². The maximum absolute atomic E-state index is 8.90. The minimum absolute atomic E-state index is 0.565. The molecule has 0 saturated heterocycles. The van der Waals surface area contributed by atoms with Crippen molar-refractivity contribution in [2.45, 2.75) is 39.2 Å². The van der Waals surface area contributed by atoms with Crippen LogP contribution in [0.4, 0.5) is 5.69 Å². The van der Waals surface area contributed by atoms with Crippen LogP contribution in [-0.4, -0.2) is 6.04 Å². The number of rotatable bonds is 3. The van der Waals surface area contributed by atoms with Crippen LogP contribution in [0.15, 0.2) is 22.7 Å². The van der Waals surface area contributed by atoms with E-state index in [1.54, 1.807) is 0 Å². The van der Waals surface area contributed by atoms with Gasteiger partial charge in [-0.1, -0.05) is 20.3 Å². The summed E-state index contributed by atoms with van der Waals surface area (Å²) in [6.07, 6.45) is 3.85. The molecule has 0 spiro atoms. The van der Waals surface area contributed by atoms with Gasteiger partial charge >= 0.3 is 0 Å². The molecule has 1 aromatic carbocycles. The molecule has 3 heteroatoms. The quantitative estimate of drug-likeness (QED) is 0.888. The molecule has 1 N–H and O–H groups in total. The van der Waals surface area contributed by atoms with Crippen molar-refractivity contribution in [2.75, 3.05) is 5.32 Å². The second-order valence-electron chi connectivity index (χ2n) is 5.16. The molecule has 0 radical (unpaired) electrons. The van der Waals surface area contributed by atoms with E-state index in [1.807, 2.05) is 18.2 Å².